The van der Waals surface area contributed by atoms with Gasteiger partial charge in [0.25, 0.3) is 0 Å². The van der Waals surface area contributed by atoms with Gasteiger partial charge in [-0.3, -0.25) is 0 Å². The van der Waals surface area contributed by atoms with Crippen LogP contribution in [0, 0.1) is 19.1 Å². The Morgan fingerprint density at radius 1 is 0.500 bits per heavy atom. The molecule has 0 spiro atoms. The van der Waals surface area contributed by atoms with Crippen LogP contribution < -0.4 is 10.2 Å². The number of para-hydroxylation sites is 2. The first-order valence-electron chi connectivity index (χ1n) is 16.1. The molecule has 0 amide bonds. The standard InChI is InChI=1S/2C12H17.2C6H6O.C6H7.2Ti/c2*1-2-3-4-6-9-12-10-7-5-8-11-12;2*7-6-4-2-1-3-5-6;1-6-4-2-3-5-6;;/h2*7-8,10-11H,2-4,6,9H2,1H3;2*1-5,7H;2-5H,1H3;;/q2*-1;;;-1;2*+4/p-2. The van der Waals surface area contributed by atoms with E-state index in [2.05, 4.69) is 69.3 Å². The fourth-order valence-electron chi connectivity index (χ4n) is 4.00. The molecular weight excluding hydrogens is 632 g/mol. The van der Waals surface area contributed by atoms with E-state index in [9.17, 15) is 10.2 Å². The van der Waals surface area contributed by atoms with E-state index in [1.165, 1.54) is 105 Å². The number of rotatable bonds is 10. The molecule has 0 saturated carbocycles. The molecule has 0 atom stereocenters. The van der Waals surface area contributed by atoms with Crippen LogP contribution in [0.2, 0.25) is 0 Å². The molecule has 5 rings (SSSR count). The predicted octanol–water partition coefficient (Wildman–Crippen LogP) is 10.4. The van der Waals surface area contributed by atoms with Crippen molar-refractivity contribution in [1.29, 1.82) is 0 Å². The summed E-state index contributed by atoms with van der Waals surface area (Å²) in [7, 11) is 0. The Balaban J connectivity index is 0. The van der Waals surface area contributed by atoms with Gasteiger partial charge in [-0.15, -0.1) is 11.5 Å². The normalized spacial score (nSPS) is 9.02. The molecular formula is C42H51O2Ti2+3. The molecule has 2 nitrogen and oxygen atoms in total. The van der Waals surface area contributed by atoms with Gasteiger partial charge < -0.3 is 10.2 Å². The number of aryl methyl sites for hydroxylation is 3. The first kappa shape index (κ1) is 45.4. The average molecular weight is 684 g/mol. The summed E-state index contributed by atoms with van der Waals surface area (Å²) in [5, 5.41) is 20.5. The monoisotopic (exact) mass is 683 g/mol. The van der Waals surface area contributed by atoms with Crippen molar-refractivity contribution < 1.29 is 53.6 Å². The summed E-state index contributed by atoms with van der Waals surface area (Å²) in [6.45, 7) is 6.58. The van der Waals surface area contributed by atoms with E-state index in [4.69, 9.17) is 0 Å². The number of hydrogen-bond acceptors (Lipinski definition) is 2. The van der Waals surface area contributed by atoms with Gasteiger partial charge in [0.2, 0.25) is 0 Å². The topological polar surface area (TPSA) is 46.1 Å². The summed E-state index contributed by atoms with van der Waals surface area (Å²) < 4.78 is 0. The van der Waals surface area contributed by atoms with Crippen LogP contribution in [0.4, 0.5) is 0 Å². The van der Waals surface area contributed by atoms with Crippen LogP contribution >= 0.6 is 0 Å². The molecule has 46 heavy (non-hydrogen) atoms. The number of unbranched alkanes of at least 4 members (excludes halogenated alkanes) is 6. The smallest absolute Gasteiger partial charge is 0.872 e. The van der Waals surface area contributed by atoms with E-state index < -0.39 is 0 Å². The van der Waals surface area contributed by atoms with Crippen LogP contribution in [0.3, 0.4) is 0 Å². The molecule has 5 aromatic rings. The van der Waals surface area contributed by atoms with Crippen molar-refractivity contribution in [2.75, 3.05) is 0 Å². The zero-order chi connectivity index (χ0) is 31.9. The molecule has 0 heterocycles. The van der Waals surface area contributed by atoms with Gasteiger partial charge in [0, 0.05) is 0 Å². The second-order valence-corrected chi connectivity index (χ2v) is 10.5. The summed E-state index contributed by atoms with van der Waals surface area (Å²) in [5.74, 6) is 0.144. The molecule has 0 aliphatic carbocycles. The van der Waals surface area contributed by atoms with Gasteiger partial charge in [0.05, 0.1) is 0 Å². The molecule has 0 fully saturated rings. The minimum atomic E-state index is 0. The summed E-state index contributed by atoms with van der Waals surface area (Å²) in [5.41, 5.74) is 4.24. The van der Waals surface area contributed by atoms with Gasteiger partial charge in [0.1, 0.15) is 0 Å². The summed E-state index contributed by atoms with van der Waals surface area (Å²) in [6.07, 6.45) is 13.3. The second-order valence-electron chi connectivity index (χ2n) is 10.5. The van der Waals surface area contributed by atoms with Crippen LogP contribution in [0.25, 0.3) is 0 Å². The first-order chi connectivity index (χ1) is 21.5. The number of benzene rings is 4. The Labute approximate surface area is 310 Å². The molecule has 4 heteroatoms. The van der Waals surface area contributed by atoms with E-state index >= 15 is 0 Å². The van der Waals surface area contributed by atoms with Crippen molar-refractivity contribution in [3.05, 3.63) is 162 Å². The quantitative estimate of drug-likeness (QED) is 0.0836. The van der Waals surface area contributed by atoms with Crippen LogP contribution in [0.5, 0.6) is 11.5 Å². The van der Waals surface area contributed by atoms with Crippen LogP contribution in [-0.4, -0.2) is 0 Å². The van der Waals surface area contributed by atoms with Crippen LogP contribution in [0.15, 0.2) is 133 Å². The summed E-state index contributed by atoms with van der Waals surface area (Å²) in [4.78, 5) is 0. The van der Waals surface area contributed by atoms with E-state index in [0.29, 0.717) is 0 Å². The third-order valence-electron chi connectivity index (χ3n) is 6.53. The Morgan fingerprint density at radius 2 is 0.891 bits per heavy atom. The fourth-order valence-corrected chi connectivity index (χ4v) is 4.00. The second kappa shape index (κ2) is 33.6. The van der Waals surface area contributed by atoms with Crippen molar-refractivity contribution in [2.24, 2.45) is 0 Å². The van der Waals surface area contributed by atoms with Gasteiger partial charge in [-0.1, -0.05) is 146 Å². The van der Waals surface area contributed by atoms with Gasteiger partial charge in [-0.05, 0) is 0 Å². The Morgan fingerprint density at radius 3 is 1.13 bits per heavy atom. The molecule has 0 bridgehead atoms. The molecule has 0 aliphatic rings. The van der Waals surface area contributed by atoms with E-state index in [1.54, 1.807) is 24.3 Å². The fraction of sp³-hybridized carbons (Fsp3) is 0.310. The molecule has 0 saturated heterocycles. The summed E-state index contributed by atoms with van der Waals surface area (Å²) in [6, 6.07) is 47.6. The Bertz CT molecular complexity index is 1150. The molecule has 0 radical (unpaired) electrons. The van der Waals surface area contributed by atoms with Crippen molar-refractivity contribution in [3.8, 4) is 11.5 Å². The zero-order valence-corrected chi connectivity index (χ0v) is 31.2. The Hall–Kier alpha value is -2.74. The van der Waals surface area contributed by atoms with Crippen molar-refractivity contribution in [2.45, 2.75) is 85.0 Å². The maximum atomic E-state index is 10.3. The van der Waals surface area contributed by atoms with Crippen LogP contribution in [0.1, 0.15) is 81.9 Å². The van der Waals surface area contributed by atoms with E-state index in [0.717, 1.165) is 0 Å². The van der Waals surface area contributed by atoms with Crippen LogP contribution in [-0.2, 0) is 56.3 Å². The molecule has 0 N–H and O–H groups in total. The SMILES string of the molecule is CCCCCCc1cc[c-]cc1.CCCCCCc1cc[c-]cc1.Cc1ccc[cH-]1.[O-]c1ccccc1.[O-]c1ccccc1.[Ti+4].[Ti+4]. The Kier molecular flexibility index (Phi) is 33.2. The average Bonchev–Trinajstić information content (AvgIpc) is 3.55. The third kappa shape index (κ3) is 28.7. The largest absolute Gasteiger partial charge is 4.00 e. The number of hydrogen-bond donors (Lipinski definition) is 0. The van der Waals surface area contributed by atoms with Gasteiger partial charge in [-0.25, -0.2) is 12.1 Å². The third-order valence-corrected chi connectivity index (χ3v) is 6.53. The minimum Gasteiger partial charge on any atom is -0.872 e. The predicted molar refractivity (Wildman–Crippen MR) is 185 cm³/mol. The van der Waals surface area contributed by atoms with E-state index in [1.807, 2.05) is 48.5 Å². The van der Waals surface area contributed by atoms with E-state index in [-0.39, 0.29) is 54.9 Å². The molecule has 0 aliphatic heterocycles. The molecule has 0 unspecified atom stereocenters. The van der Waals surface area contributed by atoms with Gasteiger partial charge in [-0.2, -0.15) is 89.5 Å². The zero-order valence-electron chi connectivity index (χ0n) is 28.1. The molecule has 5 aromatic carbocycles. The first-order valence-corrected chi connectivity index (χ1v) is 16.1. The van der Waals surface area contributed by atoms with Gasteiger partial charge >= 0.3 is 43.4 Å². The van der Waals surface area contributed by atoms with Crippen molar-refractivity contribution in [3.63, 3.8) is 0 Å². The maximum absolute atomic E-state index is 10.3. The maximum Gasteiger partial charge on any atom is 4.00 e. The van der Waals surface area contributed by atoms with Crippen molar-refractivity contribution >= 4 is 0 Å². The summed E-state index contributed by atoms with van der Waals surface area (Å²) >= 11 is 0. The minimum absolute atomic E-state index is 0. The molecule has 236 valence electrons. The molecule has 0 aromatic heterocycles. The van der Waals surface area contributed by atoms with Crippen molar-refractivity contribution in [1.82, 2.24) is 0 Å². The van der Waals surface area contributed by atoms with Gasteiger partial charge in [0.15, 0.2) is 0 Å².